The van der Waals surface area contributed by atoms with E-state index in [1.165, 1.54) is 6.07 Å². The molecular formula is C15H14BrNO4. The summed E-state index contributed by atoms with van der Waals surface area (Å²) in [5, 5.41) is 2.75. The molecule has 2 aromatic rings. The molecule has 6 heteroatoms. The van der Waals surface area contributed by atoms with Crippen molar-refractivity contribution >= 4 is 27.8 Å². The molecule has 0 unspecified atom stereocenters. The molecule has 0 fully saturated rings. The number of carbonyl (C=O) groups excluding carboxylic acids is 2. The predicted octanol–water partition coefficient (Wildman–Crippen LogP) is 3.08. The molecule has 110 valence electrons. The molecule has 2 rings (SSSR count). The smallest absolute Gasteiger partial charge is 0.374 e. The predicted molar refractivity (Wildman–Crippen MR) is 79.7 cm³/mol. The highest BCUT2D eigenvalue weighted by atomic mass is 79.9. The number of rotatable bonds is 5. The van der Waals surface area contributed by atoms with Crippen LogP contribution in [0.4, 0.5) is 0 Å². The summed E-state index contributed by atoms with van der Waals surface area (Å²) < 4.78 is 10.3. The average Bonchev–Trinajstić information content (AvgIpc) is 2.92. The van der Waals surface area contributed by atoms with Crippen molar-refractivity contribution in [1.82, 2.24) is 5.32 Å². The van der Waals surface area contributed by atoms with Crippen molar-refractivity contribution in [1.29, 1.82) is 0 Å². The minimum absolute atomic E-state index is 0.0470. The Hall–Kier alpha value is -2.08. The fourth-order valence-corrected chi connectivity index (χ4v) is 2.04. The fraction of sp³-hybridized carbons (Fsp3) is 0.200. The summed E-state index contributed by atoms with van der Waals surface area (Å²) >= 11 is 3.09. The van der Waals surface area contributed by atoms with Crippen molar-refractivity contribution in [2.45, 2.75) is 13.0 Å². The van der Waals surface area contributed by atoms with Crippen LogP contribution in [-0.2, 0) is 9.53 Å². The van der Waals surface area contributed by atoms with E-state index in [0.717, 1.165) is 5.56 Å². The number of nitrogens with one attached hydrogen (secondary N) is 1. The Morgan fingerprint density at radius 1 is 1.24 bits per heavy atom. The molecule has 5 nitrogen and oxygen atoms in total. The lowest BCUT2D eigenvalue weighted by atomic mass is 10.1. The first-order valence-electron chi connectivity index (χ1n) is 6.33. The van der Waals surface area contributed by atoms with Crippen LogP contribution in [-0.4, -0.2) is 18.5 Å². The zero-order valence-corrected chi connectivity index (χ0v) is 12.9. The van der Waals surface area contributed by atoms with Gasteiger partial charge >= 0.3 is 5.97 Å². The minimum atomic E-state index is -0.678. The van der Waals surface area contributed by atoms with Gasteiger partial charge in [-0.25, -0.2) is 4.79 Å². The van der Waals surface area contributed by atoms with E-state index < -0.39 is 5.97 Å². The summed E-state index contributed by atoms with van der Waals surface area (Å²) in [6.45, 7) is 1.51. The van der Waals surface area contributed by atoms with Gasteiger partial charge in [-0.1, -0.05) is 30.3 Å². The quantitative estimate of drug-likeness (QED) is 0.840. The normalized spacial score (nSPS) is 11.7. The molecule has 1 N–H and O–H groups in total. The van der Waals surface area contributed by atoms with E-state index in [-0.39, 0.29) is 24.3 Å². The van der Waals surface area contributed by atoms with Crippen LogP contribution in [0.15, 0.2) is 51.6 Å². The maximum Gasteiger partial charge on any atom is 0.374 e. The zero-order valence-electron chi connectivity index (χ0n) is 11.3. The van der Waals surface area contributed by atoms with Crippen LogP contribution < -0.4 is 5.32 Å². The van der Waals surface area contributed by atoms with E-state index in [4.69, 9.17) is 9.15 Å². The first kappa shape index (κ1) is 15.3. The second-order valence-electron chi connectivity index (χ2n) is 4.38. The Balaban J connectivity index is 1.81. The van der Waals surface area contributed by atoms with Crippen LogP contribution in [0.25, 0.3) is 0 Å². The van der Waals surface area contributed by atoms with Crippen LogP contribution in [0.1, 0.15) is 29.1 Å². The third-order valence-electron chi connectivity index (χ3n) is 2.79. The molecule has 0 aliphatic carbocycles. The molecule has 0 aliphatic heterocycles. The lowest BCUT2D eigenvalue weighted by Gasteiger charge is -2.14. The molecule has 0 saturated carbocycles. The molecule has 0 radical (unpaired) electrons. The Morgan fingerprint density at radius 2 is 1.95 bits per heavy atom. The lowest BCUT2D eigenvalue weighted by molar-refractivity contribution is -0.124. The average molecular weight is 352 g/mol. The molecule has 1 aromatic carbocycles. The molecule has 1 atom stereocenters. The summed E-state index contributed by atoms with van der Waals surface area (Å²) in [6, 6.07) is 12.4. The van der Waals surface area contributed by atoms with Crippen LogP contribution in [0.5, 0.6) is 0 Å². The number of furan rings is 1. The van der Waals surface area contributed by atoms with E-state index >= 15 is 0 Å². The topological polar surface area (TPSA) is 68.5 Å². The number of hydrogen-bond donors (Lipinski definition) is 1. The van der Waals surface area contributed by atoms with Crippen LogP contribution in [0.2, 0.25) is 0 Å². The number of carbonyl (C=O) groups is 2. The molecular weight excluding hydrogens is 338 g/mol. The number of hydrogen-bond acceptors (Lipinski definition) is 4. The van der Waals surface area contributed by atoms with Gasteiger partial charge in [-0.2, -0.15) is 0 Å². The Bertz CT molecular complexity index is 624. The van der Waals surface area contributed by atoms with Gasteiger partial charge in [0.1, 0.15) is 0 Å². The van der Waals surface area contributed by atoms with Gasteiger partial charge < -0.3 is 14.5 Å². The molecule has 21 heavy (non-hydrogen) atoms. The highest BCUT2D eigenvalue weighted by Crippen LogP contribution is 2.15. The summed E-state index contributed by atoms with van der Waals surface area (Å²) in [5.41, 5.74) is 0.979. The second kappa shape index (κ2) is 7.08. The number of amides is 1. The molecule has 0 saturated heterocycles. The van der Waals surface area contributed by atoms with Gasteiger partial charge in [0, 0.05) is 0 Å². The fourth-order valence-electron chi connectivity index (χ4n) is 1.73. The number of esters is 1. The first-order valence-corrected chi connectivity index (χ1v) is 7.12. The van der Waals surface area contributed by atoms with Gasteiger partial charge in [0.25, 0.3) is 5.91 Å². The minimum Gasteiger partial charge on any atom is -0.450 e. The van der Waals surface area contributed by atoms with Crippen molar-refractivity contribution in [3.05, 3.63) is 58.5 Å². The van der Waals surface area contributed by atoms with E-state index in [2.05, 4.69) is 21.2 Å². The summed E-state index contributed by atoms with van der Waals surface area (Å²) in [7, 11) is 0. The SMILES string of the molecule is C[C@H](NC(=O)COC(=O)c1ccc(Br)o1)c1ccccc1. The molecule has 1 amide bonds. The van der Waals surface area contributed by atoms with E-state index in [0.29, 0.717) is 4.67 Å². The third kappa shape index (κ3) is 4.46. The van der Waals surface area contributed by atoms with Gasteiger partial charge in [0.05, 0.1) is 6.04 Å². The Labute approximate surface area is 130 Å². The number of halogens is 1. The first-order chi connectivity index (χ1) is 10.1. The summed E-state index contributed by atoms with van der Waals surface area (Å²) in [6.07, 6.45) is 0. The third-order valence-corrected chi connectivity index (χ3v) is 3.21. The van der Waals surface area contributed by atoms with Gasteiger partial charge in [-0.3, -0.25) is 4.79 Å². The largest absolute Gasteiger partial charge is 0.450 e. The van der Waals surface area contributed by atoms with E-state index in [1.54, 1.807) is 6.07 Å². The summed E-state index contributed by atoms with van der Waals surface area (Å²) in [4.78, 5) is 23.3. The van der Waals surface area contributed by atoms with Crippen molar-refractivity contribution in [2.75, 3.05) is 6.61 Å². The highest BCUT2D eigenvalue weighted by molar-refractivity contribution is 9.10. The monoisotopic (exact) mass is 351 g/mol. The Morgan fingerprint density at radius 3 is 2.57 bits per heavy atom. The van der Waals surface area contributed by atoms with Crippen molar-refractivity contribution in [3.63, 3.8) is 0 Å². The zero-order chi connectivity index (χ0) is 15.2. The maximum absolute atomic E-state index is 11.7. The maximum atomic E-state index is 11.7. The molecule has 0 bridgehead atoms. The second-order valence-corrected chi connectivity index (χ2v) is 5.16. The van der Waals surface area contributed by atoms with Gasteiger partial charge in [-0.05, 0) is 40.5 Å². The highest BCUT2D eigenvalue weighted by Gasteiger charge is 2.15. The molecule has 1 heterocycles. The van der Waals surface area contributed by atoms with E-state index in [9.17, 15) is 9.59 Å². The number of benzene rings is 1. The number of ether oxygens (including phenoxy) is 1. The van der Waals surface area contributed by atoms with Gasteiger partial charge in [-0.15, -0.1) is 0 Å². The van der Waals surface area contributed by atoms with Crippen molar-refractivity contribution in [3.8, 4) is 0 Å². The van der Waals surface area contributed by atoms with E-state index in [1.807, 2.05) is 37.3 Å². The van der Waals surface area contributed by atoms with Gasteiger partial charge in [0.15, 0.2) is 11.3 Å². The lowest BCUT2D eigenvalue weighted by Crippen LogP contribution is -2.31. The van der Waals surface area contributed by atoms with Crippen molar-refractivity contribution < 1.29 is 18.7 Å². The van der Waals surface area contributed by atoms with Crippen LogP contribution >= 0.6 is 15.9 Å². The Kier molecular flexibility index (Phi) is 5.16. The molecule has 0 aliphatic rings. The molecule has 1 aromatic heterocycles. The van der Waals surface area contributed by atoms with Crippen molar-refractivity contribution in [2.24, 2.45) is 0 Å². The standard InChI is InChI=1S/C15H14BrNO4/c1-10(11-5-3-2-4-6-11)17-14(18)9-20-15(19)12-7-8-13(16)21-12/h2-8,10H,9H2,1H3,(H,17,18)/t10-/m0/s1. The summed E-state index contributed by atoms with van der Waals surface area (Å²) in [5.74, 6) is -1.00. The molecule has 0 spiro atoms. The van der Waals surface area contributed by atoms with Crippen LogP contribution in [0, 0.1) is 0 Å². The van der Waals surface area contributed by atoms with Crippen LogP contribution in [0.3, 0.4) is 0 Å². The van der Waals surface area contributed by atoms with Gasteiger partial charge in [0.2, 0.25) is 5.76 Å².